The van der Waals surface area contributed by atoms with E-state index in [1.165, 1.54) is 5.56 Å². The molecule has 0 aliphatic rings. The second-order valence-corrected chi connectivity index (χ2v) is 3.81. The SMILES string of the molecule is CCc1cc(Br)c(OC)c(CNO)c1. The van der Waals surface area contributed by atoms with Crippen LogP contribution >= 0.6 is 15.9 Å². The Morgan fingerprint density at radius 1 is 1.50 bits per heavy atom. The van der Waals surface area contributed by atoms with Gasteiger partial charge in [0.05, 0.1) is 11.6 Å². The lowest BCUT2D eigenvalue weighted by Crippen LogP contribution is -2.08. The molecule has 0 heterocycles. The number of benzene rings is 1. The molecule has 0 spiro atoms. The Hall–Kier alpha value is -0.580. The van der Waals surface area contributed by atoms with E-state index in [9.17, 15) is 0 Å². The van der Waals surface area contributed by atoms with Gasteiger partial charge in [-0.3, -0.25) is 0 Å². The molecular formula is C10H14BrNO2. The van der Waals surface area contributed by atoms with E-state index in [1.807, 2.05) is 12.1 Å². The molecule has 0 fully saturated rings. The van der Waals surface area contributed by atoms with Crippen molar-refractivity contribution in [2.24, 2.45) is 0 Å². The zero-order valence-electron chi connectivity index (χ0n) is 8.30. The monoisotopic (exact) mass is 259 g/mol. The molecule has 0 radical (unpaired) electrons. The van der Waals surface area contributed by atoms with Crippen molar-refractivity contribution >= 4 is 15.9 Å². The first-order chi connectivity index (χ1) is 6.72. The number of hydrogen-bond donors (Lipinski definition) is 2. The van der Waals surface area contributed by atoms with Crippen molar-refractivity contribution in [1.82, 2.24) is 5.48 Å². The molecule has 0 aliphatic carbocycles. The maximum absolute atomic E-state index is 8.67. The van der Waals surface area contributed by atoms with Crippen LogP contribution in [0.25, 0.3) is 0 Å². The molecule has 0 bridgehead atoms. The van der Waals surface area contributed by atoms with E-state index in [1.54, 1.807) is 7.11 Å². The second-order valence-electron chi connectivity index (χ2n) is 2.96. The summed E-state index contributed by atoms with van der Waals surface area (Å²) in [5, 5.41) is 8.67. The standard InChI is InChI=1S/C10H14BrNO2/c1-3-7-4-8(6-12-13)10(14-2)9(11)5-7/h4-5,12-13H,3,6H2,1-2H3. The number of hydrogen-bond acceptors (Lipinski definition) is 3. The first kappa shape index (κ1) is 11.5. The van der Waals surface area contributed by atoms with Crippen molar-refractivity contribution < 1.29 is 9.94 Å². The molecule has 0 unspecified atom stereocenters. The highest BCUT2D eigenvalue weighted by molar-refractivity contribution is 9.10. The topological polar surface area (TPSA) is 41.5 Å². The van der Waals surface area contributed by atoms with E-state index in [4.69, 9.17) is 9.94 Å². The van der Waals surface area contributed by atoms with Gasteiger partial charge in [0.25, 0.3) is 0 Å². The fourth-order valence-corrected chi connectivity index (χ4v) is 2.07. The first-order valence-electron chi connectivity index (χ1n) is 4.45. The Balaban J connectivity index is 3.13. The number of aryl methyl sites for hydroxylation is 1. The van der Waals surface area contributed by atoms with Crippen LogP contribution in [0.15, 0.2) is 16.6 Å². The highest BCUT2D eigenvalue weighted by atomic mass is 79.9. The quantitative estimate of drug-likeness (QED) is 0.817. The molecule has 2 N–H and O–H groups in total. The van der Waals surface area contributed by atoms with Gasteiger partial charge in [-0.2, -0.15) is 0 Å². The van der Waals surface area contributed by atoms with Crippen LogP contribution in [0.3, 0.4) is 0 Å². The number of ether oxygens (including phenoxy) is 1. The van der Waals surface area contributed by atoms with Gasteiger partial charge in [-0.1, -0.05) is 13.0 Å². The molecule has 14 heavy (non-hydrogen) atoms. The largest absolute Gasteiger partial charge is 0.495 e. The van der Waals surface area contributed by atoms with Crippen LogP contribution < -0.4 is 10.2 Å². The maximum atomic E-state index is 8.67. The van der Waals surface area contributed by atoms with Gasteiger partial charge in [0.15, 0.2) is 0 Å². The first-order valence-corrected chi connectivity index (χ1v) is 5.24. The Labute approximate surface area is 92.2 Å². The molecule has 3 nitrogen and oxygen atoms in total. The number of nitrogens with one attached hydrogen (secondary N) is 1. The van der Waals surface area contributed by atoms with Crippen molar-refractivity contribution in [2.45, 2.75) is 19.9 Å². The Morgan fingerprint density at radius 3 is 2.71 bits per heavy atom. The maximum Gasteiger partial charge on any atom is 0.137 e. The Kier molecular flexibility index (Phi) is 4.38. The molecule has 1 aromatic carbocycles. The summed E-state index contributed by atoms with van der Waals surface area (Å²) < 4.78 is 6.15. The molecular weight excluding hydrogens is 246 g/mol. The summed E-state index contributed by atoms with van der Waals surface area (Å²) in [6.07, 6.45) is 0.959. The summed E-state index contributed by atoms with van der Waals surface area (Å²) in [6, 6.07) is 4.05. The predicted molar refractivity (Wildman–Crippen MR) is 58.7 cm³/mol. The molecule has 0 atom stereocenters. The van der Waals surface area contributed by atoms with Crippen molar-refractivity contribution in [1.29, 1.82) is 0 Å². The molecule has 0 aliphatic heterocycles. The van der Waals surface area contributed by atoms with Crippen molar-refractivity contribution in [3.8, 4) is 5.75 Å². The normalized spacial score (nSPS) is 10.3. The number of halogens is 1. The Bertz CT molecular complexity index is 315. The fourth-order valence-electron chi connectivity index (χ4n) is 1.36. The molecule has 0 aromatic heterocycles. The van der Waals surface area contributed by atoms with Gasteiger partial charge in [0.2, 0.25) is 0 Å². The minimum Gasteiger partial charge on any atom is -0.495 e. The number of methoxy groups -OCH3 is 1. The lowest BCUT2D eigenvalue weighted by Gasteiger charge is -2.11. The van der Waals surface area contributed by atoms with Gasteiger partial charge in [-0.25, -0.2) is 5.48 Å². The summed E-state index contributed by atoms with van der Waals surface area (Å²) in [5.74, 6) is 0.767. The van der Waals surface area contributed by atoms with E-state index in [-0.39, 0.29) is 0 Å². The average Bonchev–Trinajstić information content (AvgIpc) is 2.18. The number of rotatable bonds is 4. The summed E-state index contributed by atoms with van der Waals surface area (Å²) in [4.78, 5) is 0. The fraction of sp³-hybridized carbons (Fsp3) is 0.400. The van der Waals surface area contributed by atoms with Crippen molar-refractivity contribution in [3.63, 3.8) is 0 Å². The smallest absolute Gasteiger partial charge is 0.137 e. The van der Waals surface area contributed by atoms with Crippen molar-refractivity contribution in [2.75, 3.05) is 7.11 Å². The van der Waals surface area contributed by atoms with Crippen LogP contribution in [0.4, 0.5) is 0 Å². The predicted octanol–water partition coefficient (Wildman–Crippen LogP) is 2.50. The lowest BCUT2D eigenvalue weighted by atomic mass is 10.1. The van der Waals surface area contributed by atoms with Crippen molar-refractivity contribution in [3.05, 3.63) is 27.7 Å². The van der Waals surface area contributed by atoms with E-state index >= 15 is 0 Å². The number of hydroxylamine groups is 1. The van der Waals surface area contributed by atoms with Crippen LogP contribution in [0.1, 0.15) is 18.1 Å². The van der Waals surface area contributed by atoms with Crippen LogP contribution in [0.5, 0.6) is 5.75 Å². The highest BCUT2D eigenvalue weighted by Crippen LogP contribution is 2.30. The van der Waals surface area contributed by atoms with Gasteiger partial charge < -0.3 is 9.94 Å². The lowest BCUT2D eigenvalue weighted by molar-refractivity contribution is 0.160. The molecule has 78 valence electrons. The summed E-state index contributed by atoms with van der Waals surface area (Å²) in [5.41, 5.74) is 4.29. The molecule has 0 amide bonds. The molecule has 0 saturated heterocycles. The average molecular weight is 260 g/mol. The third-order valence-corrected chi connectivity index (χ3v) is 2.65. The molecule has 1 rings (SSSR count). The molecule has 0 saturated carbocycles. The second kappa shape index (κ2) is 5.34. The van der Waals surface area contributed by atoms with E-state index in [0.717, 1.165) is 22.2 Å². The van der Waals surface area contributed by atoms with Crippen LogP contribution in [-0.4, -0.2) is 12.3 Å². The summed E-state index contributed by atoms with van der Waals surface area (Å²) >= 11 is 3.43. The zero-order chi connectivity index (χ0) is 10.6. The molecule has 1 aromatic rings. The van der Waals surface area contributed by atoms with Gasteiger partial charge in [-0.05, 0) is 34.0 Å². The summed E-state index contributed by atoms with van der Waals surface area (Å²) in [6.45, 7) is 2.47. The molecule has 4 heteroatoms. The minimum atomic E-state index is 0.385. The zero-order valence-corrected chi connectivity index (χ0v) is 9.89. The third-order valence-electron chi connectivity index (χ3n) is 2.06. The van der Waals surface area contributed by atoms with Crippen LogP contribution in [0, 0.1) is 0 Å². The highest BCUT2D eigenvalue weighted by Gasteiger charge is 2.08. The van der Waals surface area contributed by atoms with Gasteiger partial charge in [-0.15, -0.1) is 0 Å². The third kappa shape index (κ3) is 2.47. The van der Waals surface area contributed by atoms with E-state index < -0.39 is 0 Å². The summed E-state index contributed by atoms with van der Waals surface area (Å²) in [7, 11) is 1.62. The Morgan fingerprint density at radius 2 is 2.21 bits per heavy atom. The van der Waals surface area contributed by atoms with Crippen LogP contribution in [-0.2, 0) is 13.0 Å². The van der Waals surface area contributed by atoms with Gasteiger partial charge >= 0.3 is 0 Å². The van der Waals surface area contributed by atoms with Gasteiger partial charge in [0, 0.05) is 12.1 Å². The van der Waals surface area contributed by atoms with E-state index in [0.29, 0.717) is 6.54 Å². The van der Waals surface area contributed by atoms with Gasteiger partial charge in [0.1, 0.15) is 5.75 Å². The minimum absolute atomic E-state index is 0.385. The van der Waals surface area contributed by atoms with Crippen LogP contribution in [0.2, 0.25) is 0 Å². The van der Waals surface area contributed by atoms with E-state index in [2.05, 4.69) is 28.3 Å².